The molecule has 92 valence electrons. The van der Waals surface area contributed by atoms with Crippen molar-refractivity contribution in [3.63, 3.8) is 0 Å². The zero-order chi connectivity index (χ0) is 11.9. The van der Waals surface area contributed by atoms with Crippen LogP contribution in [0, 0.1) is 0 Å². The lowest BCUT2D eigenvalue weighted by Gasteiger charge is -2.42. The molecule has 0 heterocycles. The highest BCUT2D eigenvalue weighted by molar-refractivity contribution is 4.94. The molecule has 2 unspecified atom stereocenters. The largest absolute Gasteiger partial charge is 0.380 e. The van der Waals surface area contributed by atoms with Crippen molar-refractivity contribution in [1.29, 1.82) is 0 Å². The van der Waals surface area contributed by atoms with Gasteiger partial charge in [-0.2, -0.15) is 0 Å². The van der Waals surface area contributed by atoms with Crippen LogP contribution in [-0.4, -0.2) is 50.3 Å². The Kier molecular flexibility index (Phi) is 7.14. The number of hydrogen-bond acceptors (Lipinski definition) is 3. The van der Waals surface area contributed by atoms with Crippen molar-refractivity contribution in [1.82, 2.24) is 10.2 Å². The van der Waals surface area contributed by atoms with Gasteiger partial charge in [0, 0.05) is 18.2 Å². The first-order chi connectivity index (χ1) is 7.02. The highest BCUT2D eigenvalue weighted by Crippen LogP contribution is 2.21. The molecule has 0 saturated carbocycles. The number of hydrogen-bond donors (Lipinski definition) is 1. The van der Waals surface area contributed by atoms with Crippen LogP contribution in [0.5, 0.6) is 0 Å². The molecule has 0 fully saturated rings. The summed E-state index contributed by atoms with van der Waals surface area (Å²) in [5.41, 5.74) is 0.158. The van der Waals surface area contributed by atoms with E-state index in [1.54, 1.807) is 0 Å². The van der Waals surface area contributed by atoms with E-state index in [0.29, 0.717) is 6.04 Å². The van der Waals surface area contributed by atoms with Crippen molar-refractivity contribution in [2.24, 2.45) is 0 Å². The van der Waals surface area contributed by atoms with Crippen LogP contribution in [0.2, 0.25) is 0 Å². The summed E-state index contributed by atoms with van der Waals surface area (Å²) in [6.07, 6.45) is 1.12. The van der Waals surface area contributed by atoms with Crippen LogP contribution in [0.15, 0.2) is 0 Å². The maximum absolute atomic E-state index is 5.56. The van der Waals surface area contributed by atoms with Crippen molar-refractivity contribution < 1.29 is 4.74 Å². The van der Waals surface area contributed by atoms with E-state index < -0.39 is 0 Å². The molecule has 0 amide bonds. The molecule has 1 N–H and O–H groups in total. The summed E-state index contributed by atoms with van der Waals surface area (Å²) in [6.45, 7) is 11.3. The fourth-order valence-corrected chi connectivity index (χ4v) is 1.81. The van der Waals surface area contributed by atoms with Gasteiger partial charge in [-0.3, -0.25) is 0 Å². The molecule has 3 heteroatoms. The minimum Gasteiger partial charge on any atom is -0.380 e. The number of rotatable bonds is 8. The third-order valence-corrected chi connectivity index (χ3v) is 3.43. The van der Waals surface area contributed by atoms with Gasteiger partial charge in [0.15, 0.2) is 0 Å². The Morgan fingerprint density at radius 1 is 1.27 bits per heavy atom. The van der Waals surface area contributed by atoms with E-state index in [4.69, 9.17) is 4.74 Å². The van der Waals surface area contributed by atoms with Gasteiger partial charge in [-0.15, -0.1) is 0 Å². The second-order valence-electron chi connectivity index (χ2n) is 4.37. The Bertz CT molecular complexity index is 162. The molecule has 0 radical (unpaired) electrons. The van der Waals surface area contributed by atoms with E-state index in [9.17, 15) is 0 Å². The fourth-order valence-electron chi connectivity index (χ4n) is 1.81. The van der Waals surface area contributed by atoms with Gasteiger partial charge in [0.2, 0.25) is 0 Å². The second kappa shape index (κ2) is 7.20. The first kappa shape index (κ1) is 14.9. The molecule has 0 aromatic carbocycles. The smallest absolute Gasteiger partial charge is 0.0637 e. The van der Waals surface area contributed by atoms with E-state index in [-0.39, 0.29) is 5.54 Å². The zero-order valence-electron chi connectivity index (χ0n) is 11.3. The van der Waals surface area contributed by atoms with Gasteiger partial charge >= 0.3 is 0 Å². The SMILES string of the molecule is CCNC(COCC)C(C)(CC)N(C)C. The lowest BCUT2D eigenvalue weighted by Crippen LogP contribution is -2.58. The van der Waals surface area contributed by atoms with Crippen LogP contribution in [0.25, 0.3) is 0 Å². The highest BCUT2D eigenvalue weighted by Gasteiger charge is 2.34. The Morgan fingerprint density at radius 3 is 2.20 bits per heavy atom. The van der Waals surface area contributed by atoms with Gasteiger partial charge in [0.1, 0.15) is 0 Å². The standard InChI is InChI=1S/C12H28N2O/c1-7-12(4,14(5)6)11(13-8-2)10-15-9-3/h11,13H,7-10H2,1-6H3. The van der Waals surface area contributed by atoms with Crippen molar-refractivity contribution in [3.8, 4) is 0 Å². The van der Waals surface area contributed by atoms with Gasteiger partial charge in [-0.25, -0.2) is 0 Å². The van der Waals surface area contributed by atoms with E-state index >= 15 is 0 Å². The quantitative estimate of drug-likeness (QED) is 0.669. The van der Waals surface area contributed by atoms with Crippen molar-refractivity contribution in [3.05, 3.63) is 0 Å². The van der Waals surface area contributed by atoms with Crippen molar-refractivity contribution >= 4 is 0 Å². The average Bonchev–Trinajstić information content (AvgIpc) is 2.22. The first-order valence-electron chi connectivity index (χ1n) is 6.01. The third-order valence-electron chi connectivity index (χ3n) is 3.43. The molecule has 15 heavy (non-hydrogen) atoms. The number of nitrogens with one attached hydrogen (secondary N) is 1. The average molecular weight is 216 g/mol. The van der Waals surface area contributed by atoms with Gasteiger partial charge in [-0.1, -0.05) is 13.8 Å². The third kappa shape index (κ3) is 4.09. The molecule has 3 nitrogen and oxygen atoms in total. The van der Waals surface area contributed by atoms with Gasteiger partial charge in [-0.05, 0) is 40.9 Å². The predicted molar refractivity (Wildman–Crippen MR) is 66.3 cm³/mol. The molecule has 0 saturated heterocycles. The summed E-state index contributed by atoms with van der Waals surface area (Å²) in [7, 11) is 4.28. The number of nitrogens with zero attached hydrogens (tertiary/aromatic N) is 1. The number of ether oxygens (including phenoxy) is 1. The van der Waals surface area contributed by atoms with Crippen molar-refractivity contribution in [2.45, 2.75) is 45.7 Å². The molecule has 0 rings (SSSR count). The molecule has 0 aliphatic heterocycles. The normalized spacial score (nSPS) is 17.8. The Morgan fingerprint density at radius 2 is 1.87 bits per heavy atom. The van der Waals surface area contributed by atoms with Crippen molar-refractivity contribution in [2.75, 3.05) is 33.9 Å². The summed E-state index contributed by atoms with van der Waals surface area (Å²) in [6, 6.07) is 0.391. The maximum Gasteiger partial charge on any atom is 0.0637 e. The fraction of sp³-hybridized carbons (Fsp3) is 1.00. The molecule has 0 aliphatic rings. The van der Waals surface area contributed by atoms with Crippen LogP contribution >= 0.6 is 0 Å². The van der Waals surface area contributed by atoms with Crippen LogP contribution < -0.4 is 5.32 Å². The van der Waals surface area contributed by atoms with E-state index in [1.165, 1.54) is 0 Å². The van der Waals surface area contributed by atoms with Crippen LogP contribution in [-0.2, 0) is 4.74 Å². The molecule has 2 atom stereocenters. The summed E-state index contributed by atoms with van der Waals surface area (Å²) in [5.74, 6) is 0. The Hall–Kier alpha value is -0.120. The summed E-state index contributed by atoms with van der Waals surface area (Å²) in [4.78, 5) is 2.29. The van der Waals surface area contributed by atoms with E-state index in [2.05, 4.69) is 45.1 Å². The van der Waals surface area contributed by atoms with Gasteiger partial charge in [0.25, 0.3) is 0 Å². The Labute approximate surface area is 95.2 Å². The minimum atomic E-state index is 0.158. The molecular formula is C12H28N2O. The Balaban J connectivity index is 4.52. The van der Waals surface area contributed by atoms with Crippen LogP contribution in [0.3, 0.4) is 0 Å². The lowest BCUT2D eigenvalue weighted by molar-refractivity contribution is 0.0421. The first-order valence-corrected chi connectivity index (χ1v) is 6.01. The molecule has 0 bridgehead atoms. The molecular weight excluding hydrogens is 188 g/mol. The summed E-state index contributed by atoms with van der Waals surface area (Å²) in [5, 5.41) is 3.52. The molecule has 0 aliphatic carbocycles. The number of likely N-dealkylation sites (N-methyl/N-ethyl adjacent to an activating group) is 2. The lowest BCUT2D eigenvalue weighted by atomic mass is 9.88. The van der Waals surface area contributed by atoms with E-state index in [1.807, 2.05) is 6.92 Å². The minimum absolute atomic E-state index is 0.158. The second-order valence-corrected chi connectivity index (χ2v) is 4.37. The monoisotopic (exact) mass is 216 g/mol. The topological polar surface area (TPSA) is 24.5 Å². The maximum atomic E-state index is 5.56. The molecule has 0 spiro atoms. The molecule has 0 aromatic heterocycles. The van der Waals surface area contributed by atoms with Crippen LogP contribution in [0.4, 0.5) is 0 Å². The highest BCUT2D eigenvalue weighted by atomic mass is 16.5. The van der Waals surface area contributed by atoms with Gasteiger partial charge < -0.3 is 15.0 Å². The predicted octanol–water partition coefficient (Wildman–Crippen LogP) is 1.73. The van der Waals surface area contributed by atoms with Gasteiger partial charge in [0.05, 0.1) is 6.61 Å². The molecule has 0 aromatic rings. The van der Waals surface area contributed by atoms with E-state index in [0.717, 1.165) is 26.2 Å². The van der Waals surface area contributed by atoms with Crippen LogP contribution in [0.1, 0.15) is 34.1 Å². The zero-order valence-corrected chi connectivity index (χ0v) is 11.3. The summed E-state index contributed by atoms with van der Waals surface area (Å²) < 4.78 is 5.56. The summed E-state index contributed by atoms with van der Waals surface area (Å²) >= 11 is 0.